The van der Waals surface area contributed by atoms with E-state index >= 15 is 0 Å². The Kier molecular flexibility index (Phi) is 7.87. The van der Waals surface area contributed by atoms with E-state index in [4.69, 9.17) is 10.5 Å². The minimum atomic E-state index is -0.286. The first kappa shape index (κ1) is 20.5. The van der Waals surface area contributed by atoms with Crippen LogP contribution in [-0.4, -0.2) is 47.4 Å². The van der Waals surface area contributed by atoms with E-state index in [0.29, 0.717) is 19.6 Å². The molecule has 0 spiro atoms. The molecule has 140 valence electrons. The van der Waals surface area contributed by atoms with E-state index in [0.717, 1.165) is 16.3 Å². The molecule has 6 nitrogen and oxygen atoms in total. The summed E-state index contributed by atoms with van der Waals surface area (Å²) in [6, 6.07) is 10.2. The number of halogens is 1. The third-order valence-corrected chi connectivity index (χ3v) is 4.76. The quantitative estimate of drug-likeness (QED) is 0.662. The minimum Gasteiger partial charge on any atom is -0.340 e. The summed E-state index contributed by atoms with van der Waals surface area (Å²) < 4.78 is 13.0. The van der Waals surface area contributed by atoms with E-state index in [-0.39, 0.29) is 31.1 Å². The molecule has 27 heavy (non-hydrogen) atoms. The zero-order chi connectivity index (χ0) is 19.6. The summed E-state index contributed by atoms with van der Waals surface area (Å²) in [6.07, 6.45) is 0.488. The van der Waals surface area contributed by atoms with Crippen LogP contribution in [0.2, 0.25) is 0 Å². The fourth-order valence-corrected chi connectivity index (χ4v) is 3.32. The molecule has 0 bridgehead atoms. The highest BCUT2D eigenvalue weighted by Crippen LogP contribution is 2.24. The maximum atomic E-state index is 13.0. The molecule has 0 fully saturated rings. The van der Waals surface area contributed by atoms with Crippen LogP contribution in [0.1, 0.15) is 18.5 Å². The van der Waals surface area contributed by atoms with Crippen molar-refractivity contribution in [3.63, 3.8) is 0 Å². The largest absolute Gasteiger partial charge is 0.340 e. The van der Waals surface area contributed by atoms with Crippen molar-refractivity contribution in [2.24, 2.45) is 0 Å². The van der Waals surface area contributed by atoms with Gasteiger partial charge in [0.05, 0.1) is 37.2 Å². The summed E-state index contributed by atoms with van der Waals surface area (Å²) in [5.74, 6) is -0.400. The number of nitrogens with zero attached hydrogens (tertiary/aromatic N) is 5. The topological polar surface area (TPSA) is 84.0 Å². The summed E-state index contributed by atoms with van der Waals surface area (Å²) in [5, 5.41) is 20.2. The molecular weight excluding hydrogens is 365 g/mol. The Hall–Kier alpha value is -2.81. The maximum Gasteiger partial charge on any atom is 0.236 e. The third kappa shape index (κ3) is 6.45. The highest BCUT2D eigenvalue weighted by Gasteiger charge is 2.16. The van der Waals surface area contributed by atoms with Gasteiger partial charge in [-0.15, -0.1) is 11.3 Å². The van der Waals surface area contributed by atoms with Crippen LogP contribution in [0.15, 0.2) is 29.6 Å². The lowest BCUT2D eigenvalue weighted by Crippen LogP contribution is -2.39. The van der Waals surface area contributed by atoms with Gasteiger partial charge in [-0.25, -0.2) is 9.37 Å². The molecule has 8 heteroatoms. The standard InChI is InChI=1S/C19H20FN5OS/c1-24(13-18(26)25(10-2-8-21)11-3-9-22)12-17-14-27-19(23-17)15-4-6-16(20)7-5-15/h4-7,14H,2-3,10-13H2,1H3. The number of benzene rings is 1. The van der Waals surface area contributed by atoms with E-state index in [1.807, 2.05) is 29.5 Å². The molecule has 1 heterocycles. The molecule has 1 amide bonds. The van der Waals surface area contributed by atoms with Crippen molar-refractivity contribution >= 4 is 17.2 Å². The van der Waals surface area contributed by atoms with Gasteiger partial charge in [0.15, 0.2) is 0 Å². The summed E-state index contributed by atoms with van der Waals surface area (Å²) in [4.78, 5) is 20.4. The molecular formula is C19H20FN5OS. The molecule has 1 aromatic heterocycles. The predicted octanol–water partition coefficient (Wildman–Crippen LogP) is 3.04. The molecule has 0 radical (unpaired) electrons. The third-order valence-electron chi connectivity index (χ3n) is 3.82. The molecule has 2 rings (SSSR count). The monoisotopic (exact) mass is 385 g/mol. The van der Waals surface area contributed by atoms with Crippen LogP contribution in [0.25, 0.3) is 10.6 Å². The maximum absolute atomic E-state index is 13.0. The van der Waals surface area contributed by atoms with Gasteiger partial charge in [0.1, 0.15) is 10.8 Å². The highest BCUT2D eigenvalue weighted by molar-refractivity contribution is 7.13. The number of carbonyl (C=O) groups is 1. The van der Waals surface area contributed by atoms with Crippen molar-refractivity contribution in [3.05, 3.63) is 41.2 Å². The summed E-state index contributed by atoms with van der Waals surface area (Å²) >= 11 is 1.47. The van der Waals surface area contributed by atoms with Gasteiger partial charge < -0.3 is 4.90 Å². The zero-order valence-corrected chi connectivity index (χ0v) is 15.9. The lowest BCUT2D eigenvalue weighted by atomic mass is 10.2. The molecule has 0 N–H and O–H groups in total. The normalized spacial score (nSPS) is 10.4. The van der Waals surface area contributed by atoms with Crippen molar-refractivity contribution in [3.8, 4) is 22.7 Å². The Morgan fingerprint density at radius 3 is 2.41 bits per heavy atom. The van der Waals surface area contributed by atoms with E-state index in [2.05, 4.69) is 4.98 Å². The number of hydrogen-bond donors (Lipinski definition) is 0. The molecule has 0 saturated carbocycles. The van der Waals surface area contributed by atoms with Gasteiger partial charge in [-0.05, 0) is 31.3 Å². The summed E-state index contributed by atoms with van der Waals surface area (Å²) in [5.41, 5.74) is 1.68. The number of carbonyl (C=O) groups excluding carboxylic acids is 1. The lowest BCUT2D eigenvalue weighted by Gasteiger charge is -2.23. The van der Waals surface area contributed by atoms with Crippen LogP contribution in [0.5, 0.6) is 0 Å². The Morgan fingerprint density at radius 1 is 1.19 bits per heavy atom. The van der Waals surface area contributed by atoms with Gasteiger partial charge in [0.2, 0.25) is 5.91 Å². The number of amides is 1. The molecule has 1 aromatic carbocycles. The molecule has 2 aromatic rings. The van der Waals surface area contributed by atoms with Gasteiger partial charge in [-0.3, -0.25) is 9.69 Å². The summed E-state index contributed by atoms with van der Waals surface area (Å²) in [7, 11) is 1.82. The average Bonchev–Trinajstić information content (AvgIpc) is 3.10. The lowest BCUT2D eigenvalue weighted by molar-refractivity contribution is -0.132. The number of aromatic nitrogens is 1. The first-order valence-electron chi connectivity index (χ1n) is 8.44. The first-order valence-corrected chi connectivity index (χ1v) is 9.32. The fourth-order valence-electron chi connectivity index (χ4n) is 2.50. The molecule has 0 unspecified atom stereocenters. The van der Waals surface area contributed by atoms with Gasteiger partial charge in [0, 0.05) is 30.6 Å². The first-order chi connectivity index (χ1) is 13.0. The van der Waals surface area contributed by atoms with Crippen LogP contribution in [0.4, 0.5) is 4.39 Å². The second-order valence-corrected chi connectivity index (χ2v) is 6.88. The van der Waals surface area contributed by atoms with Crippen molar-refractivity contribution in [2.75, 3.05) is 26.7 Å². The van der Waals surface area contributed by atoms with Gasteiger partial charge in [-0.1, -0.05) is 0 Å². The number of hydrogen-bond acceptors (Lipinski definition) is 6. The van der Waals surface area contributed by atoms with Crippen molar-refractivity contribution in [1.82, 2.24) is 14.8 Å². The molecule has 0 aliphatic heterocycles. The van der Waals surface area contributed by atoms with E-state index in [1.165, 1.54) is 23.5 Å². The van der Waals surface area contributed by atoms with Crippen LogP contribution in [0, 0.1) is 28.5 Å². The van der Waals surface area contributed by atoms with Crippen molar-refractivity contribution < 1.29 is 9.18 Å². The molecule has 0 aliphatic carbocycles. The SMILES string of the molecule is CN(CC(=O)N(CCC#N)CCC#N)Cc1csc(-c2ccc(F)cc2)n1. The second kappa shape index (κ2) is 10.4. The minimum absolute atomic E-state index is 0.114. The highest BCUT2D eigenvalue weighted by atomic mass is 32.1. The number of rotatable bonds is 9. The number of likely N-dealkylation sites (N-methyl/N-ethyl adjacent to an activating group) is 1. The Morgan fingerprint density at radius 2 is 1.81 bits per heavy atom. The fraction of sp³-hybridized carbons (Fsp3) is 0.368. The van der Waals surface area contributed by atoms with Crippen LogP contribution >= 0.6 is 11.3 Å². The number of thiazole rings is 1. The zero-order valence-electron chi connectivity index (χ0n) is 15.1. The smallest absolute Gasteiger partial charge is 0.236 e. The van der Waals surface area contributed by atoms with E-state index in [1.54, 1.807) is 17.0 Å². The molecule has 0 atom stereocenters. The van der Waals surface area contributed by atoms with Crippen LogP contribution < -0.4 is 0 Å². The van der Waals surface area contributed by atoms with Gasteiger partial charge >= 0.3 is 0 Å². The van der Waals surface area contributed by atoms with Crippen molar-refractivity contribution in [1.29, 1.82) is 10.5 Å². The van der Waals surface area contributed by atoms with Crippen molar-refractivity contribution in [2.45, 2.75) is 19.4 Å². The van der Waals surface area contributed by atoms with Crippen LogP contribution in [-0.2, 0) is 11.3 Å². The Bertz CT molecular complexity index is 819. The average molecular weight is 385 g/mol. The second-order valence-electron chi connectivity index (χ2n) is 6.02. The molecule has 0 aliphatic rings. The number of nitriles is 2. The predicted molar refractivity (Wildman–Crippen MR) is 101 cm³/mol. The van der Waals surface area contributed by atoms with Gasteiger partial charge in [0.25, 0.3) is 0 Å². The Balaban J connectivity index is 1.93. The molecule has 0 saturated heterocycles. The van der Waals surface area contributed by atoms with Crippen LogP contribution in [0.3, 0.4) is 0 Å². The van der Waals surface area contributed by atoms with Gasteiger partial charge in [-0.2, -0.15) is 10.5 Å². The Labute approximate surface area is 162 Å². The van der Waals surface area contributed by atoms with E-state index < -0.39 is 0 Å². The van der Waals surface area contributed by atoms with E-state index in [9.17, 15) is 9.18 Å². The summed E-state index contributed by atoms with van der Waals surface area (Å²) in [6.45, 7) is 1.33.